The van der Waals surface area contributed by atoms with Crippen molar-refractivity contribution in [3.05, 3.63) is 30.0 Å². The molecular formula is C11H8N2O2. The Hall–Kier alpha value is -2.28. The average molecular weight is 200 g/mol. The lowest BCUT2D eigenvalue weighted by atomic mass is 10.2. The first kappa shape index (κ1) is 9.28. The van der Waals surface area contributed by atoms with Crippen molar-refractivity contribution in [2.75, 3.05) is 6.61 Å². The van der Waals surface area contributed by atoms with Crippen LogP contribution in [0, 0.1) is 11.3 Å². The number of nitrogens with one attached hydrogen (secondary N) is 1. The quantitative estimate of drug-likeness (QED) is 0.765. The van der Waals surface area contributed by atoms with Gasteiger partial charge in [-0.15, -0.1) is 0 Å². The lowest BCUT2D eigenvalue weighted by Crippen LogP contribution is -1.97. The van der Waals surface area contributed by atoms with Gasteiger partial charge in [-0.2, -0.15) is 5.26 Å². The molecule has 15 heavy (non-hydrogen) atoms. The Morgan fingerprint density at radius 3 is 3.13 bits per heavy atom. The molecule has 0 atom stereocenters. The number of ether oxygens (including phenoxy) is 1. The van der Waals surface area contributed by atoms with E-state index in [0.29, 0.717) is 17.7 Å². The van der Waals surface area contributed by atoms with Crippen molar-refractivity contribution in [2.45, 2.75) is 0 Å². The molecule has 1 N–H and O–H groups in total. The molecule has 0 aliphatic rings. The first-order chi connectivity index (χ1) is 7.35. The Morgan fingerprint density at radius 2 is 2.40 bits per heavy atom. The maximum absolute atomic E-state index is 10.2. The van der Waals surface area contributed by atoms with Crippen LogP contribution in [0.1, 0.15) is 5.69 Å². The number of aromatic amines is 1. The standard InChI is InChI=1S/C11H8N2O2/c12-7-8-6-9-10(13-8)2-1-3-11(9)15-5-4-14/h1-4,6,13H,5H2. The van der Waals surface area contributed by atoms with Crippen molar-refractivity contribution in [1.29, 1.82) is 5.26 Å². The Kier molecular flexibility index (Phi) is 2.38. The zero-order valence-electron chi connectivity index (χ0n) is 7.86. The van der Waals surface area contributed by atoms with Crippen LogP contribution in [-0.4, -0.2) is 17.9 Å². The van der Waals surface area contributed by atoms with Gasteiger partial charge in [0.1, 0.15) is 24.1 Å². The van der Waals surface area contributed by atoms with E-state index in [1.54, 1.807) is 18.2 Å². The van der Waals surface area contributed by atoms with E-state index >= 15 is 0 Å². The minimum Gasteiger partial charge on any atom is -0.485 e. The van der Waals surface area contributed by atoms with Crippen LogP contribution >= 0.6 is 0 Å². The average Bonchev–Trinajstić information content (AvgIpc) is 2.69. The predicted molar refractivity (Wildman–Crippen MR) is 54.6 cm³/mol. The molecule has 0 bridgehead atoms. The maximum Gasteiger partial charge on any atom is 0.157 e. The molecular weight excluding hydrogens is 192 g/mol. The van der Waals surface area contributed by atoms with Crippen molar-refractivity contribution in [3.63, 3.8) is 0 Å². The van der Waals surface area contributed by atoms with Crippen LogP contribution in [-0.2, 0) is 4.79 Å². The van der Waals surface area contributed by atoms with E-state index in [2.05, 4.69) is 4.98 Å². The Bertz CT molecular complexity index is 537. The SMILES string of the molecule is N#Cc1cc2c(OCC=O)cccc2[nH]1. The highest BCUT2D eigenvalue weighted by Crippen LogP contribution is 2.25. The van der Waals surface area contributed by atoms with Crippen LogP contribution < -0.4 is 4.74 Å². The van der Waals surface area contributed by atoms with Gasteiger partial charge in [0.25, 0.3) is 0 Å². The molecule has 4 heteroatoms. The fraction of sp³-hybridized carbons (Fsp3) is 0.0909. The fourth-order valence-corrected chi connectivity index (χ4v) is 1.44. The molecule has 0 fully saturated rings. The first-order valence-corrected chi connectivity index (χ1v) is 4.43. The van der Waals surface area contributed by atoms with Gasteiger partial charge in [-0.1, -0.05) is 6.07 Å². The molecule has 74 valence electrons. The second-order valence-electron chi connectivity index (χ2n) is 2.99. The Morgan fingerprint density at radius 1 is 1.53 bits per heavy atom. The van der Waals surface area contributed by atoms with Gasteiger partial charge in [-0.05, 0) is 18.2 Å². The van der Waals surface area contributed by atoms with Crippen LogP contribution in [0.5, 0.6) is 5.75 Å². The molecule has 1 heterocycles. The number of nitriles is 1. The lowest BCUT2D eigenvalue weighted by molar-refractivity contribution is -0.109. The number of hydrogen-bond donors (Lipinski definition) is 1. The highest BCUT2D eigenvalue weighted by Gasteiger charge is 2.05. The normalized spacial score (nSPS) is 9.80. The van der Waals surface area contributed by atoms with Crippen molar-refractivity contribution >= 4 is 17.2 Å². The molecule has 1 aromatic heterocycles. The highest BCUT2D eigenvalue weighted by atomic mass is 16.5. The molecule has 0 aliphatic heterocycles. The summed E-state index contributed by atoms with van der Waals surface area (Å²) in [7, 11) is 0. The van der Waals surface area contributed by atoms with Crippen LogP contribution in [0.15, 0.2) is 24.3 Å². The van der Waals surface area contributed by atoms with Crippen molar-refractivity contribution < 1.29 is 9.53 Å². The van der Waals surface area contributed by atoms with Crippen molar-refractivity contribution in [1.82, 2.24) is 4.98 Å². The number of carbonyl (C=O) groups is 1. The molecule has 0 saturated carbocycles. The number of carbonyl (C=O) groups excluding carboxylic acids is 1. The summed E-state index contributed by atoms with van der Waals surface area (Å²) < 4.78 is 5.23. The molecule has 0 saturated heterocycles. The molecule has 2 aromatic rings. The summed E-state index contributed by atoms with van der Waals surface area (Å²) in [6.07, 6.45) is 0.691. The van der Waals surface area contributed by atoms with Crippen LogP contribution in [0.2, 0.25) is 0 Å². The van der Waals surface area contributed by atoms with Gasteiger partial charge in [0.15, 0.2) is 6.29 Å². The molecule has 0 aliphatic carbocycles. The number of rotatable bonds is 3. The smallest absolute Gasteiger partial charge is 0.157 e. The zero-order valence-corrected chi connectivity index (χ0v) is 7.86. The first-order valence-electron chi connectivity index (χ1n) is 4.43. The Balaban J connectivity index is 2.50. The third-order valence-corrected chi connectivity index (χ3v) is 2.05. The molecule has 0 spiro atoms. The molecule has 0 unspecified atom stereocenters. The zero-order chi connectivity index (χ0) is 10.7. The van der Waals surface area contributed by atoms with Crippen molar-refractivity contribution in [3.8, 4) is 11.8 Å². The highest BCUT2D eigenvalue weighted by molar-refractivity contribution is 5.87. The van der Waals surface area contributed by atoms with Crippen molar-refractivity contribution in [2.24, 2.45) is 0 Å². The number of hydrogen-bond acceptors (Lipinski definition) is 3. The van der Waals surface area contributed by atoms with Gasteiger partial charge in [0.2, 0.25) is 0 Å². The molecule has 1 aromatic carbocycles. The van der Waals surface area contributed by atoms with Crippen LogP contribution in [0.3, 0.4) is 0 Å². The van der Waals surface area contributed by atoms with E-state index in [9.17, 15) is 4.79 Å². The van der Waals surface area contributed by atoms with E-state index in [-0.39, 0.29) is 6.61 Å². The van der Waals surface area contributed by atoms with E-state index in [1.165, 1.54) is 0 Å². The third-order valence-electron chi connectivity index (χ3n) is 2.05. The minimum absolute atomic E-state index is 0.0200. The number of H-pyrrole nitrogens is 1. The number of aldehydes is 1. The molecule has 0 radical (unpaired) electrons. The lowest BCUT2D eigenvalue weighted by Gasteiger charge is -2.02. The van der Waals surface area contributed by atoms with Gasteiger partial charge in [-0.25, -0.2) is 0 Å². The summed E-state index contributed by atoms with van der Waals surface area (Å²) in [6, 6.07) is 9.14. The van der Waals surface area contributed by atoms with Crippen LogP contribution in [0.25, 0.3) is 10.9 Å². The summed E-state index contributed by atoms with van der Waals surface area (Å²) in [6.45, 7) is 0.0200. The van der Waals surface area contributed by atoms with Crippen LogP contribution in [0.4, 0.5) is 0 Å². The summed E-state index contributed by atoms with van der Waals surface area (Å²) >= 11 is 0. The second-order valence-corrected chi connectivity index (χ2v) is 2.99. The maximum atomic E-state index is 10.2. The molecule has 4 nitrogen and oxygen atoms in total. The summed E-state index contributed by atoms with van der Waals surface area (Å²) in [5.74, 6) is 0.609. The van der Waals surface area contributed by atoms with E-state index in [0.717, 1.165) is 10.9 Å². The van der Waals surface area contributed by atoms with E-state index in [4.69, 9.17) is 10.00 Å². The van der Waals surface area contributed by atoms with Gasteiger partial charge >= 0.3 is 0 Å². The van der Waals surface area contributed by atoms with E-state index < -0.39 is 0 Å². The van der Waals surface area contributed by atoms with E-state index in [1.807, 2.05) is 12.1 Å². The molecule has 2 rings (SSSR count). The Labute approximate surface area is 86.1 Å². The third kappa shape index (κ3) is 1.67. The molecule has 0 amide bonds. The van der Waals surface area contributed by atoms with Gasteiger partial charge in [0, 0.05) is 5.39 Å². The largest absolute Gasteiger partial charge is 0.485 e. The summed E-state index contributed by atoms with van der Waals surface area (Å²) in [5.41, 5.74) is 1.31. The van der Waals surface area contributed by atoms with Gasteiger partial charge < -0.3 is 9.72 Å². The topological polar surface area (TPSA) is 65.9 Å². The number of benzene rings is 1. The predicted octanol–water partition coefficient (Wildman–Crippen LogP) is 1.62. The summed E-state index contributed by atoms with van der Waals surface area (Å²) in [4.78, 5) is 13.1. The monoisotopic (exact) mass is 200 g/mol. The number of fused-ring (bicyclic) bond motifs is 1. The minimum atomic E-state index is 0.0200. The number of nitrogens with zero attached hydrogens (tertiary/aromatic N) is 1. The summed E-state index contributed by atoms with van der Waals surface area (Å²) in [5, 5.41) is 9.54. The van der Waals surface area contributed by atoms with Gasteiger partial charge in [0.05, 0.1) is 5.52 Å². The van der Waals surface area contributed by atoms with Gasteiger partial charge in [-0.3, -0.25) is 4.79 Å². The number of aromatic nitrogens is 1. The fourth-order valence-electron chi connectivity index (χ4n) is 1.44. The second kappa shape index (κ2) is 3.84.